The summed E-state index contributed by atoms with van der Waals surface area (Å²) in [6.45, 7) is 5.78. The van der Waals surface area contributed by atoms with Crippen LogP contribution in [0, 0.1) is 12.3 Å². The molecule has 0 aliphatic carbocycles. The van der Waals surface area contributed by atoms with Crippen molar-refractivity contribution in [3.8, 4) is 18.1 Å². The van der Waals surface area contributed by atoms with Crippen molar-refractivity contribution in [2.75, 3.05) is 13.2 Å². The second kappa shape index (κ2) is 7.76. The first-order valence-electron chi connectivity index (χ1n) is 6.18. The van der Waals surface area contributed by atoms with E-state index >= 15 is 0 Å². The molecule has 17 heavy (non-hydrogen) atoms. The van der Waals surface area contributed by atoms with Gasteiger partial charge in [0.1, 0.15) is 5.75 Å². The van der Waals surface area contributed by atoms with Crippen LogP contribution in [0.5, 0.6) is 5.75 Å². The summed E-state index contributed by atoms with van der Waals surface area (Å²) >= 11 is 0. The Morgan fingerprint density at radius 1 is 1.41 bits per heavy atom. The molecule has 1 aromatic rings. The molecule has 0 bridgehead atoms. The molecule has 0 aliphatic heterocycles. The molecule has 0 radical (unpaired) electrons. The van der Waals surface area contributed by atoms with Gasteiger partial charge < -0.3 is 10.1 Å². The average molecular weight is 231 g/mol. The Kier molecular flexibility index (Phi) is 6.21. The van der Waals surface area contributed by atoms with E-state index in [2.05, 4.69) is 24.2 Å². The first-order valence-corrected chi connectivity index (χ1v) is 6.18. The maximum absolute atomic E-state index is 5.61. The lowest BCUT2D eigenvalue weighted by atomic mass is 10.1. The number of unbranched alkanes of at least 4 members (excludes halogenated alkanes) is 1. The SMILES string of the molecule is C#CCCCNC(C)c1ccccc1OCC. The van der Waals surface area contributed by atoms with Crippen LogP contribution >= 0.6 is 0 Å². The molecule has 1 N–H and O–H groups in total. The highest BCUT2D eigenvalue weighted by atomic mass is 16.5. The fraction of sp³-hybridized carbons (Fsp3) is 0.467. The molecule has 1 aromatic carbocycles. The Balaban J connectivity index is 2.55. The third-order valence-corrected chi connectivity index (χ3v) is 2.63. The summed E-state index contributed by atoms with van der Waals surface area (Å²) < 4.78 is 5.61. The number of para-hydroxylation sites is 1. The molecule has 2 nitrogen and oxygen atoms in total. The van der Waals surface area contributed by atoms with E-state index < -0.39 is 0 Å². The summed E-state index contributed by atoms with van der Waals surface area (Å²) in [6.07, 6.45) is 7.06. The predicted octanol–water partition coefficient (Wildman–Crippen LogP) is 3.15. The van der Waals surface area contributed by atoms with E-state index in [0.717, 1.165) is 25.1 Å². The molecule has 0 aromatic heterocycles. The van der Waals surface area contributed by atoms with Gasteiger partial charge in [0.2, 0.25) is 0 Å². The second-order valence-corrected chi connectivity index (χ2v) is 3.95. The van der Waals surface area contributed by atoms with Gasteiger partial charge in [0.15, 0.2) is 0 Å². The molecule has 0 aliphatic rings. The van der Waals surface area contributed by atoms with Crippen LogP contribution in [0.1, 0.15) is 38.3 Å². The topological polar surface area (TPSA) is 21.3 Å². The minimum absolute atomic E-state index is 0.288. The third-order valence-electron chi connectivity index (χ3n) is 2.63. The zero-order chi connectivity index (χ0) is 12.5. The molecule has 0 saturated carbocycles. The normalized spacial score (nSPS) is 11.8. The van der Waals surface area contributed by atoms with Crippen molar-refractivity contribution in [1.29, 1.82) is 0 Å². The van der Waals surface area contributed by atoms with Crippen LogP contribution in [0.25, 0.3) is 0 Å². The maximum Gasteiger partial charge on any atom is 0.124 e. The smallest absolute Gasteiger partial charge is 0.124 e. The minimum Gasteiger partial charge on any atom is -0.494 e. The monoisotopic (exact) mass is 231 g/mol. The summed E-state index contributed by atoms with van der Waals surface area (Å²) in [7, 11) is 0. The highest BCUT2D eigenvalue weighted by Gasteiger charge is 2.09. The van der Waals surface area contributed by atoms with E-state index in [1.54, 1.807) is 0 Å². The number of terminal acetylenes is 1. The van der Waals surface area contributed by atoms with Gasteiger partial charge in [-0.25, -0.2) is 0 Å². The van der Waals surface area contributed by atoms with Crippen LogP contribution in [-0.2, 0) is 0 Å². The van der Waals surface area contributed by atoms with Crippen LogP contribution in [0.15, 0.2) is 24.3 Å². The Morgan fingerprint density at radius 3 is 2.88 bits per heavy atom. The molecule has 0 amide bonds. The standard InChI is InChI=1S/C15H21NO/c1-4-6-9-12-16-13(3)14-10-7-8-11-15(14)17-5-2/h1,7-8,10-11,13,16H,5-6,9,12H2,2-3H3. The third kappa shape index (κ3) is 4.50. The lowest BCUT2D eigenvalue weighted by Crippen LogP contribution is -2.20. The number of hydrogen-bond donors (Lipinski definition) is 1. The summed E-state index contributed by atoms with van der Waals surface area (Å²) in [4.78, 5) is 0. The molecular formula is C15H21NO. The largest absolute Gasteiger partial charge is 0.494 e. The van der Waals surface area contributed by atoms with E-state index in [1.165, 1.54) is 5.56 Å². The van der Waals surface area contributed by atoms with Gasteiger partial charge in [-0.3, -0.25) is 0 Å². The van der Waals surface area contributed by atoms with E-state index in [1.807, 2.05) is 25.1 Å². The Bertz CT molecular complexity index is 367. The zero-order valence-corrected chi connectivity index (χ0v) is 10.7. The Hall–Kier alpha value is -1.46. The molecule has 0 saturated heterocycles. The lowest BCUT2D eigenvalue weighted by Gasteiger charge is -2.17. The van der Waals surface area contributed by atoms with Gasteiger partial charge in [-0.2, -0.15) is 0 Å². The fourth-order valence-electron chi connectivity index (χ4n) is 1.74. The lowest BCUT2D eigenvalue weighted by molar-refractivity contribution is 0.332. The Morgan fingerprint density at radius 2 is 2.18 bits per heavy atom. The molecule has 1 atom stereocenters. The Labute approximate surface area is 104 Å². The number of benzene rings is 1. The molecule has 92 valence electrons. The van der Waals surface area contributed by atoms with Crippen molar-refractivity contribution in [3.63, 3.8) is 0 Å². The van der Waals surface area contributed by atoms with Crippen molar-refractivity contribution < 1.29 is 4.74 Å². The van der Waals surface area contributed by atoms with Crippen molar-refractivity contribution in [1.82, 2.24) is 5.32 Å². The van der Waals surface area contributed by atoms with E-state index in [0.29, 0.717) is 6.61 Å². The molecule has 1 rings (SSSR count). The first-order chi connectivity index (χ1) is 8.29. The number of hydrogen-bond acceptors (Lipinski definition) is 2. The minimum atomic E-state index is 0.288. The molecule has 0 heterocycles. The van der Waals surface area contributed by atoms with Crippen LogP contribution < -0.4 is 10.1 Å². The van der Waals surface area contributed by atoms with Crippen molar-refractivity contribution >= 4 is 0 Å². The summed E-state index contributed by atoms with van der Waals surface area (Å²) in [5.41, 5.74) is 1.20. The zero-order valence-electron chi connectivity index (χ0n) is 10.7. The maximum atomic E-state index is 5.61. The van der Waals surface area contributed by atoms with Crippen LogP contribution in [0.4, 0.5) is 0 Å². The summed E-state index contributed by atoms with van der Waals surface area (Å²) in [5, 5.41) is 3.46. The van der Waals surface area contributed by atoms with Gasteiger partial charge in [0.05, 0.1) is 6.61 Å². The van der Waals surface area contributed by atoms with E-state index in [9.17, 15) is 0 Å². The summed E-state index contributed by atoms with van der Waals surface area (Å²) in [5.74, 6) is 3.61. The van der Waals surface area contributed by atoms with Gasteiger partial charge in [-0.15, -0.1) is 12.3 Å². The highest BCUT2D eigenvalue weighted by molar-refractivity contribution is 5.35. The van der Waals surface area contributed by atoms with Crippen molar-refractivity contribution in [3.05, 3.63) is 29.8 Å². The molecule has 1 unspecified atom stereocenters. The number of ether oxygens (including phenoxy) is 1. The van der Waals surface area contributed by atoms with Gasteiger partial charge in [-0.1, -0.05) is 18.2 Å². The quantitative estimate of drug-likeness (QED) is 0.575. The van der Waals surface area contributed by atoms with Gasteiger partial charge >= 0.3 is 0 Å². The van der Waals surface area contributed by atoms with E-state index in [-0.39, 0.29) is 6.04 Å². The van der Waals surface area contributed by atoms with Gasteiger partial charge in [0, 0.05) is 18.0 Å². The average Bonchev–Trinajstić information content (AvgIpc) is 2.35. The first kappa shape index (κ1) is 13.6. The summed E-state index contributed by atoms with van der Waals surface area (Å²) in [6, 6.07) is 8.44. The highest BCUT2D eigenvalue weighted by Crippen LogP contribution is 2.24. The molecule has 2 heteroatoms. The van der Waals surface area contributed by atoms with E-state index in [4.69, 9.17) is 11.2 Å². The molecule has 0 fully saturated rings. The van der Waals surface area contributed by atoms with Crippen LogP contribution in [-0.4, -0.2) is 13.2 Å². The number of nitrogens with one attached hydrogen (secondary N) is 1. The predicted molar refractivity (Wildman–Crippen MR) is 72.1 cm³/mol. The van der Waals surface area contributed by atoms with Gasteiger partial charge in [0.25, 0.3) is 0 Å². The van der Waals surface area contributed by atoms with Gasteiger partial charge in [-0.05, 0) is 32.9 Å². The number of rotatable bonds is 7. The second-order valence-electron chi connectivity index (χ2n) is 3.95. The molecule has 0 spiro atoms. The van der Waals surface area contributed by atoms with Crippen LogP contribution in [0.2, 0.25) is 0 Å². The molecular weight excluding hydrogens is 210 g/mol. The van der Waals surface area contributed by atoms with Crippen molar-refractivity contribution in [2.45, 2.75) is 32.7 Å². The van der Waals surface area contributed by atoms with Crippen molar-refractivity contribution in [2.24, 2.45) is 0 Å². The van der Waals surface area contributed by atoms with Crippen LogP contribution in [0.3, 0.4) is 0 Å². The fourth-order valence-corrected chi connectivity index (χ4v) is 1.74.